The lowest BCUT2D eigenvalue weighted by Crippen LogP contribution is -2.30. The highest BCUT2D eigenvalue weighted by molar-refractivity contribution is 5.24. The zero-order valence-electron chi connectivity index (χ0n) is 11.5. The van der Waals surface area contributed by atoms with Gasteiger partial charge in [-0.05, 0) is 12.0 Å². The second kappa shape index (κ2) is 5.50. The molecule has 1 aliphatic rings. The van der Waals surface area contributed by atoms with E-state index in [0.29, 0.717) is 19.5 Å². The molecular formula is C16H16F2N2O. The molecule has 0 aliphatic carbocycles. The molecule has 1 fully saturated rings. The number of hydrogen-bond donors (Lipinski definition) is 1. The van der Waals surface area contributed by atoms with E-state index in [9.17, 15) is 13.9 Å². The monoisotopic (exact) mass is 290 g/mol. The second-order valence-electron chi connectivity index (χ2n) is 5.44. The van der Waals surface area contributed by atoms with Gasteiger partial charge in [-0.1, -0.05) is 30.3 Å². The van der Waals surface area contributed by atoms with Crippen molar-refractivity contribution >= 4 is 0 Å². The standard InChI is InChI=1S/C16H16F2N2O/c17-13-8-14(18)15(19-9-13)10-20-7-6-16(21,11-20)12-4-2-1-3-5-12/h1-5,8-9,21H,6-7,10-11H2/t16-/m0/s1. The average molecular weight is 290 g/mol. The Morgan fingerprint density at radius 3 is 2.71 bits per heavy atom. The Hall–Kier alpha value is -1.85. The largest absolute Gasteiger partial charge is 0.384 e. The van der Waals surface area contributed by atoms with Crippen molar-refractivity contribution in [2.45, 2.75) is 18.6 Å². The highest BCUT2D eigenvalue weighted by Gasteiger charge is 2.37. The molecule has 0 amide bonds. The van der Waals surface area contributed by atoms with E-state index < -0.39 is 17.2 Å². The van der Waals surface area contributed by atoms with Crippen LogP contribution in [0.3, 0.4) is 0 Å². The molecule has 0 saturated carbocycles. The van der Waals surface area contributed by atoms with Gasteiger partial charge >= 0.3 is 0 Å². The number of β-amino-alcohol motifs (C(OH)–C–C–N with tert-alkyl or cyclic N) is 1. The quantitative estimate of drug-likeness (QED) is 0.943. The maximum atomic E-state index is 13.6. The van der Waals surface area contributed by atoms with Gasteiger partial charge in [-0.25, -0.2) is 8.78 Å². The predicted molar refractivity (Wildman–Crippen MR) is 74.4 cm³/mol. The van der Waals surface area contributed by atoms with Gasteiger partial charge in [0, 0.05) is 25.7 Å². The molecule has 0 unspecified atom stereocenters. The highest BCUT2D eigenvalue weighted by atomic mass is 19.1. The predicted octanol–water partition coefficient (Wildman–Crippen LogP) is 2.45. The molecule has 1 N–H and O–H groups in total. The minimum Gasteiger partial charge on any atom is -0.384 e. The summed E-state index contributed by atoms with van der Waals surface area (Å²) in [6.45, 7) is 1.32. The van der Waals surface area contributed by atoms with E-state index in [1.807, 2.05) is 35.2 Å². The molecule has 5 heteroatoms. The Bertz CT molecular complexity index is 635. The zero-order valence-corrected chi connectivity index (χ0v) is 11.5. The third kappa shape index (κ3) is 2.94. The van der Waals surface area contributed by atoms with Crippen LogP contribution in [0.4, 0.5) is 8.78 Å². The van der Waals surface area contributed by atoms with E-state index >= 15 is 0 Å². The lowest BCUT2D eigenvalue weighted by molar-refractivity contribution is 0.0450. The van der Waals surface area contributed by atoms with Crippen LogP contribution in [0.15, 0.2) is 42.6 Å². The first-order valence-electron chi connectivity index (χ1n) is 6.87. The van der Waals surface area contributed by atoms with Gasteiger partial charge in [-0.15, -0.1) is 0 Å². The molecule has 1 atom stereocenters. The van der Waals surface area contributed by atoms with Crippen molar-refractivity contribution in [3.8, 4) is 0 Å². The van der Waals surface area contributed by atoms with Crippen LogP contribution in [-0.2, 0) is 12.1 Å². The number of nitrogens with zero attached hydrogens (tertiary/aromatic N) is 2. The number of likely N-dealkylation sites (tertiary alicyclic amines) is 1. The van der Waals surface area contributed by atoms with E-state index in [0.717, 1.165) is 17.8 Å². The summed E-state index contributed by atoms with van der Waals surface area (Å²) < 4.78 is 26.5. The second-order valence-corrected chi connectivity index (χ2v) is 5.44. The van der Waals surface area contributed by atoms with Crippen LogP contribution >= 0.6 is 0 Å². The lowest BCUT2D eigenvalue weighted by Gasteiger charge is -2.24. The summed E-state index contributed by atoms with van der Waals surface area (Å²) in [5.41, 5.74) is 0.145. The first-order valence-corrected chi connectivity index (χ1v) is 6.87. The van der Waals surface area contributed by atoms with Crippen molar-refractivity contribution in [2.75, 3.05) is 13.1 Å². The fourth-order valence-electron chi connectivity index (χ4n) is 2.76. The van der Waals surface area contributed by atoms with Crippen molar-refractivity contribution in [3.05, 3.63) is 65.5 Å². The number of aromatic nitrogens is 1. The van der Waals surface area contributed by atoms with Gasteiger partial charge < -0.3 is 5.11 Å². The maximum Gasteiger partial charge on any atom is 0.148 e. The molecule has 2 heterocycles. The fourth-order valence-corrected chi connectivity index (χ4v) is 2.76. The third-order valence-corrected chi connectivity index (χ3v) is 3.90. The van der Waals surface area contributed by atoms with Crippen LogP contribution in [0.1, 0.15) is 17.7 Å². The smallest absolute Gasteiger partial charge is 0.148 e. The maximum absolute atomic E-state index is 13.6. The summed E-state index contributed by atoms with van der Waals surface area (Å²) in [4.78, 5) is 5.72. The van der Waals surface area contributed by atoms with Crippen molar-refractivity contribution in [1.82, 2.24) is 9.88 Å². The van der Waals surface area contributed by atoms with Crippen molar-refractivity contribution < 1.29 is 13.9 Å². The molecule has 1 aromatic heterocycles. The number of rotatable bonds is 3. The number of pyridine rings is 1. The van der Waals surface area contributed by atoms with E-state index in [4.69, 9.17) is 0 Å². The van der Waals surface area contributed by atoms with E-state index in [1.54, 1.807) is 0 Å². The number of benzene rings is 1. The Morgan fingerprint density at radius 1 is 1.24 bits per heavy atom. The van der Waals surface area contributed by atoms with Gasteiger partial charge in [0.2, 0.25) is 0 Å². The molecule has 2 aromatic rings. The molecule has 3 rings (SSSR count). The van der Waals surface area contributed by atoms with E-state index in [-0.39, 0.29) is 12.2 Å². The summed E-state index contributed by atoms with van der Waals surface area (Å²) >= 11 is 0. The van der Waals surface area contributed by atoms with Crippen molar-refractivity contribution in [3.63, 3.8) is 0 Å². The van der Waals surface area contributed by atoms with Gasteiger partial charge in [-0.2, -0.15) is 0 Å². The van der Waals surface area contributed by atoms with Gasteiger partial charge in [-0.3, -0.25) is 9.88 Å². The van der Waals surface area contributed by atoms with Crippen LogP contribution in [0, 0.1) is 11.6 Å². The van der Waals surface area contributed by atoms with Crippen LogP contribution in [0.2, 0.25) is 0 Å². The van der Waals surface area contributed by atoms with Gasteiger partial charge in [0.1, 0.15) is 17.2 Å². The zero-order chi connectivity index (χ0) is 14.9. The molecule has 0 spiro atoms. The number of hydrogen-bond acceptors (Lipinski definition) is 3. The summed E-state index contributed by atoms with van der Waals surface area (Å²) in [7, 11) is 0. The van der Waals surface area contributed by atoms with Crippen molar-refractivity contribution in [1.29, 1.82) is 0 Å². The molecule has 110 valence electrons. The average Bonchev–Trinajstić information content (AvgIpc) is 2.86. The van der Waals surface area contributed by atoms with Crippen LogP contribution in [-0.4, -0.2) is 28.1 Å². The first-order chi connectivity index (χ1) is 10.1. The van der Waals surface area contributed by atoms with E-state index in [2.05, 4.69) is 4.98 Å². The minimum atomic E-state index is -0.919. The molecule has 1 aromatic carbocycles. The molecule has 0 bridgehead atoms. The summed E-state index contributed by atoms with van der Waals surface area (Å²) in [6.07, 6.45) is 1.59. The van der Waals surface area contributed by atoms with E-state index in [1.165, 1.54) is 0 Å². The Kier molecular flexibility index (Phi) is 3.69. The summed E-state index contributed by atoms with van der Waals surface area (Å²) in [5, 5.41) is 10.7. The molecule has 1 saturated heterocycles. The first kappa shape index (κ1) is 14.1. The Labute approximate surface area is 121 Å². The number of aliphatic hydroxyl groups is 1. The Balaban J connectivity index is 1.73. The SMILES string of the molecule is O[C@@]1(c2ccccc2)CCN(Cc2ncc(F)cc2F)C1. The summed E-state index contributed by atoms with van der Waals surface area (Å²) in [6, 6.07) is 10.3. The van der Waals surface area contributed by atoms with Crippen LogP contribution in [0.5, 0.6) is 0 Å². The highest BCUT2D eigenvalue weighted by Crippen LogP contribution is 2.32. The normalized spacial score (nSPS) is 22.6. The molecular weight excluding hydrogens is 274 g/mol. The topological polar surface area (TPSA) is 36.4 Å². The van der Waals surface area contributed by atoms with Crippen LogP contribution in [0.25, 0.3) is 0 Å². The minimum absolute atomic E-state index is 0.203. The Morgan fingerprint density at radius 2 is 2.00 bits per heavy atom. The van der Waals surface area contributed by atoms with Gasteiger partial charge in [0.15, 0.2) is 0 Å². The van der Waals surface area contributed by atoms with Gasteiger partial charge in [0.25, 0.3) is 0 Å². The molecule has 3 nitrogen and oxygen atoms in total. The third-order valence-electron chi connectivity index (χ3n) is 3.90. The number of halogens is 2. The van der Waals surface area contributed by atoms with Crippen LogP contribution < -0.4 is 0 Å². The summed E-state index contributed by atoms with van der Waals surface area (Å²) in [5.74, 6) is -1.33. The molecule has 21 heavy (non-hydrogen) atoms. The fraction of sp³-hybridized carbons (Fsp3) is 0.312. The molecule has 1 aliphatic heterocycles. The molecule has 0 radical (unpaired) electrons. The van der Waals surface area contributed by atoms with Crippen molar-refractivity contribution in [2.24, 2.45) is 0 Å². The van der Waals surface area contributed by atoms with Gasteiger partial charge in [0.05, 0.1) is 11.9 Å². The lowest BCUT2D eigenvalue weighted by atomic mass is 9.93.